The van der Waals surface area contributed by atoms with Crippen molar-refractivity contribution in [2.24, 2.45) is 0 Å². The van der Waals surface area contributed by atoms with Crippen molar-refractivity contribution >= 4 is 23.4 Å². The number of likely N-dealkylation sites (tertiary alicyclic amines) is 1. The fourth-order valence-corrected chi connectivity index (χ4v) is 4.47. The van der Waals surface area contributed by atoms with E-state index in [9.17, 15) is 4.79 Å². The molecule has 1 fully saturated rings. The Labute approximate surface area is 178 Å². The zero-order valence-electron chi connectivity index (χ0n) is 17.9. The lowest BCUT2D eigenvalue weighted by Gasteiger charge is -2.37. The Bertz CT molecular complexity index is 687. The zero-order valence-corrected chi connectivity index (χ0v) is 18.7. The standard InChI is InChI=1S/C21H35N4O3S/c1-3-4-5-9-15-27-20-19(22-29-23-20)18-11-10-14-25(2,16-18)17-28-21(26)24-12-7-6-8-13-24/h11H,3-10,12-17H2,1-2H3/q+1. The van der Waals surface area contributed by atoms with Crippen molar-refractivity contribution in [3.63, 3.8) is 0 Å². The van der Waals surface area contributed by atoms with Crippen LogP contribution in [0.15, 0.2) is 6.08 Å². The van der Waals surface area contributed by atoms with Gasteiger partial charge in [-0.15, -0.1) is 4.37 Å². The molecule has 0 saturated carbocycles. The first-order chi connectivity index (χ1) is 14.1. The van der Waals surface area contributed by atoms with Crippen LogP contribution >= 0.6 is 11.7 Å². The number of carbonyl (C=O) groups excluding carboxylic acids is 1. The number of unbranched alkanes of at least 4 members (excludes halogenated alkanes) is 3. The van der Waals surface area contributed by atoms with Crippen LogP contribution < -0.4 is 4.74 Å². The molecule has 3 heterocycles. The molecule has 0 aliphatic carbocycles. The van der Waals surface area contributed by atoms with Crippen molar-refractivity contribution in [1.29, 1.82) is 0 Å². The molecule has 1 unspecified atom stereocenters. The Hall–Kier alpha value is -1.67. The predicted molar refractivity (Wildman–Crippen MR) is 115 cm³/mol. The minimum absolute atomic E-state index is 0.174. The molecule has 2 aliphatic heterocycles. The number of aromatic nitrogens is 2. The number of quaternary nitrogens is 1. The lowest BCUT2D eigenvalue weighted by molar-refractivity contribution is -0.919. The third-order valence-corrected chi connectivity index (χ3v) is 6.24. The second-order valence-corrected chi connectivity index (χ2v) is 8.96. The number of hydrogen-bond acceptors (Lipinski definition) is 6. The second-order valence-electron chi connectivity index (χ2n) is 8.43. The highest BCUT2D eigenvalue weighted by Crippen LogP contribution is 2.30. The largest absolute Gasteiger partial charge is 0.475 e. The molecule has 0 aromatic carbocycles. The summed E-state index contributed by atoms with van der Waals surface area (Å²) < 4.78 is 21.1. The molecule has 0 radical (unpaired) electrons. The molecule has 2 aliphatic rings. The normalized spacial score (nSPS) is 22.3. The van der Waals surface area contributed by atoms with Gasteiger partial charge in [0, 0.05) is 25.1 Å². The van der Waals surface area contributed by atoms with E-state index >= 15 is 0 Å². The molecular formula is C21H35N4O3S+. The van der Waals surface area contributed by atoms with Gasteiger partial charge in [-0.3, -0.25) is 4.48 Å². The van der Waals surface area contributed by atoms with Crippen LogP contribution in [0, 0.1) is 0 Å². The number of ether oxygens (including phenoxy) is 2. The van der Waals surface area contributed by atoms with Gasteiger partial charge >= 0.3 is 6.09 Å². The summed E-state index contributed by atoms with van der Waals surface area (Å²) in [5.41, 5.74) is 2.00. The van der Waals surface area contributed by atoms with E-state index in [1.807, 2.05) is 4.90 Å². The molecule has 0 N–H and O–H groups in total. The molecular weight excluding hydrogens is 388 g/mol. The number of hydrogen-bond donors (Lipinski definition) is 0. The maximum absolute atomic E-state index is 12.4. The molecule has 1 saturated heterocycles. The van der Waals surface area contributed by atoms with Crippen LogP contribution in [0.1, 0.15) is 64.0 Å². The fraction of sp³-hybridized carbons (Fsp3) is 0.762. The van der Waals surface area contributed by atoms with E-state index in [1.165, 1.54) is 37.4 Å². The number of nitrogens with zero attached hydrogens (tertiary/aromatic N) is 4. The van der Waals surface area contributed by atoms with Crippen molar-refractivity contribution in [3.05, 3.63) is 11.8 Å². The van der Waals surface area contributed by atoms with Gasteiger partial charge in [-0.25, -0.2) is 4.79 Å². The maximum atomic E-state index is 12.4. The van der Waals surface area contributed by atoms with Gasteiger partial charge in [0.1, 0.15) is 12.2 Å². The fourth-order valence-electron chi connectivity index (χ4n) is 3.93. The molecule has 29 heavy (non-hydrogen) atoms. The van der Waals surface area contributed by atoms with Gasteiger partial charge in [-0.1, -0.05) is 32.3 Å². The second kappa shape index (κ2) is 10.9. The number of carbonyl (C=O) groups is 1. The highest BCUT2D eigenvalue weighted by molar-refractivity contribution is 6.99. The minimum Gasteiger partial charge on any atom is -0.475 e. The van der Waals surface area contributed by atoms with E-state index < -0.39 is 0 Å². The highest BCUT2D eigenvalue weighted by Gasteiger charge is 2.32. The molecule has 1 aromatic heterocycles. The first-order valence-corrected chi connectivity index (χ1v) is 11.7. The SMILES string of the molecule is CCCCCCOc1nsnc1C1=CCC[N+](C)(COC(=O)N2CCCCC2)C1. The van der Waals surface area contributed by atoms with E-state index in [4.69, 9.17) is 9.47 Å². The molecule has 1 amide bonds. The van der Waals surface area contributed by atoms with Gasteiger partial charge in [-0.05, 0) is 25.7 Å². The van der Waals surface area contributed by atoms with Gasteiger partial charge < -0.3 is 14.4 Å². The Morgan fingerprint density at radius 3 is 2.83 bits per heavy atom. The van der Waals surface area contributed by atoms with Crippen LogP contribution in [0.25, 0.3) is 5.57 Å². The van der Waals surface area contributed by atoms with Crippen LogP contribution in [-0.4, -0.2) is 70.8 Å². The molecule has 1 atom stereocenters. The van der Waals surface area contributed by atoms with E-state index in [1.54, 1.807) is 0 Å². The topological polar surface area (TPSA) is 64.6 Å². The first kappa shape index (κ1) is 22.0. The van der Waals surface area contributed by atoms with Gasteiger partial charge in [0.05, 0.1) is 31.9 Å². The number of likely N-dealkylation sites (N-methyl/N-ethyl adjacent to an activating group) is 1. The molecule has 7 nitrogen and oxygen atoms in total. The Morgan fingerprint density at radius 1 is 1.21 bits per heavy atom. The molecule has 8 heteroatoms. The van der Waals surface area contributed by atoms with Crippen LogP contribution in [0.5, 0.6) is 5.88 Å². The van der Waals surface area contributed by atoms with Gasteiger partial charge in [0.2, 0.25) is 6.73 Å². The van der Waals surface area contributed by atoms with Crippen molar-refractivity contribution in [1.82, 2.24) is 13.6 Å². The minimum atomic E-state index is -0.174. The Kier molecular flexibility index (Phi) is 8.29. The smallest absolute Gasteiger partial charge is 0.414 e. The maximum Gasteiger partial charge on any atom is 0.414 e. The van der Waals surface area contributed by atoms with Crippen molar-refractivity contribution in [3.8, 4) is 5.88 Å². The van der Waals surface area contributed by atoms with Crippen LogP contribution in [0.4, 0.5) is 4.79 Å². The van der Waals surface area contributed by atoms with Crippen LogP contribution in [0.2, 0.25) is 0 Å². The lowest BCUT2D eigenvalue weighted by Crippen LogP contribution is -2.50. The monoisotopic (exact) mass is 423 g/mol. The van der Waals surface area contributed by atoms with E-state index in [0.717, 1.165) is 63.1 Å². The third kappa shape index (κ3) is 6.40. The average Bonchev–Trinajstić information content (AvgIpc) is 3.21. The lowest BCUT2D eigenvalue weighted by atomic mass is 10.1. The Morgan fingerprint density at radius 2 is 2.03 bits per heavy atom. The number of amides is 1. The van der Waals surface area contributed by atoms with Crippen molar-refractivity contribution < 1.29 is 18.8 Å². The number of rotatable bonds is 9. The van der Waals surface area contributed by atoms with Crippen LogP contribution in [-0.2, 0) is 4.74 Å². The van der Waals surface area contributed by atoms with Gasteiger partial charge in [0.25, 0.3) is 5.88 Å². The molecule has 162 valence electrons. The first-order valence-electron chi connectivity index (χ1n) is 11.0. The number of piperidine rings is 1. The quantitative estimate of drug-likeness (QED) is 0.437. The van der Waals surface area contributed by atoms with Crippen molar-refractivity contribution in [2.45, 2.75) is 58.3 Å². The third-order valence-electron chi connectivity index (χ3n) is 5.72. The van der Waals surface area contributed by atoms with Gasteiger partial charge in [-0.2, -0.15) is 4.37 Å². The van der Waals surface area contributed by atoms with E-state index in [2.05, 4.69) is 28.8 Å². The summed E-state index contributed by atoms with van der Waals surface area (Å²) in [5, 5.41) is 0. The van der Waals surface area contributed by atoms with Gasteiger partial charge in [0.15, 0.2) is 0 Å². The summed E-state index contributed by atoms with van der Waals surface area (Å²) in [5.74, 6) is 0.650. The molecule has 0 spiro atoms. The zero-order chi connectivity index (χ0) is 20.5. The summed E-state index contributed by atoms with van der Waals surface area (Å²) in [7, 11) is 2.14. The Balaban J connectivity index is 1.52. The molecule has 0 bridgehead atoms. The average molecular weight is 424 g/mol. The van der Waals surface area contributed by atoms with Crippen molar-refractivity contribution in [2.75, 3.05) is 46.6 Å². The summed E-state index contributed by atoms with van der Waals surface area (Å²) in [6.45, 7) is 6.63. The van der Waals surface area contributed by atoms with E-state index in [-0.39, 0.29) is 6.09 Å². The van der Waals surface area contributed by atoms with Crippen LogP contribution in [0.3, 0.4) is 0 Å². The summed E-state index contributed by atoms with van der Waals surface area (Å²) in [6, 6.07) is 0. The highest BCUT2D eigenvalue weighted by atomic mass is 32.1. The summed E-state index contributed by atoms with van der Waals surface area (Å²) in [4.78, 5) is 14.2. The van der Waals surface area contributed by atoms with E-state index in [0.29, 0.717) is 23.7 Å². The summed E-state index contributed by atoms with van der Waals surface area (Å²) >= 11 is 1.20. The predicted octanol–water partition coefficient (Wildman–Crippen LogP) is 4.31. The molecule has 3 rings (SSSR count). The summed E-state index contributed by atoms with van der Waals surface area (Å²) in [6.07, 6.45) is 11.0. The molecule has 1 aromatic rings.